The number of ether oxygens (including phenoxy) is 1. The zero-order chi connectivity index (χ0) is 21.6. The van der Waals surface area contributed by atoms with E-state index in [-0.39, 0.29) is 12.1 Å². The summed E-state index contributed by atoms with van der Waals surface area (Å²) in [7, 11) is 0. The van der Waals surface area contributed by atoms with E-state index in [1.54, 1.807) is 0 Å². The molecule has 31 heavy (non-hydrogen) atoms. The minimum atomic E-state index is -0.0640. The van der Waals surface area contributed by atoms with E-state index in [0.29, 0.717) is 24.8 Å². The van der Waals surface area contributed by atoms with E-state index in [2.05, 4.69) is 39.4 Å². The lowest BCUT2D eigenvalue weighted by Crippen LogP contribution is -2.44. The van der Waals surface area contributed by atoms with Crippen molar-refractivity contribution in [1.82, 2.24) is 9.80 Å². The molecular weight excluding hydrogens is 412 g/mol. The number of likely N-dealkylation sites (tertiary alicyclic amines) is 1. The fraction of sp³-hybridized carbons (Fsp3) is 0.458. The lowest BCUT2D eigenvalue weighted by Gasteiger charge is -2.32. The van der Waals surface area contributed by atoms with Crippen molar-refractivity contribution in [3.8, 4) is 0 Å². The average molecular weight is 443 g/mol. The predicted octanol–water partition coefficient (Wildman–Crippen LogP) is 4.30. The zero-order valence-electron chi connectivity index (χ0n) is 18.1. The van der Waals surface area contributed by atoms with Crippen LogP contribution in [-0.4, -0.2) is 67.8 Å². The van der Waals surface area contributed by atoms with Crippen LogP contribution in [0.15, 0.2) is 48.5 Å². The van der Waals surface area contributed by atoms with Crippen molar-refractivity contribution in [2.45, 2.75) is 25.9 Å². The van der Waals surface area contributed by atoms with Gasteiger partial charge >= 0.3 is 6.03 Å². The molecule has 4 rings (SSSR count). The number of urea groups is 1. The van der Waals surface area contributed by atoms with Crippen molar-refractivity contribution in [2.75, 3.05) is 56.2 Å². The van der Waals surface area contributed by atoms with E-state index < -0.39 is 0 Å². The fourth-order valence-corrected chi connectivity index (χ4v) is 4.67. The Morgan fingerprint density at radius 2 is 1.94 bits per heavy atom. The normalized spacial score (nSPS) is 19.4. The van der Waals surface area contributed by atoms with Crippen LogP contribution < -0.4 is 10.2 Å². The molecule has 2 saturated heterocycles. The monoisotopic (exact) mass is 442 g/mol. The third kappa shape index (κ3) is 5.50. The fourth-order valence-electron chi connectivity index (χ4n) is 4.49. The minimum Gasteiger partial charge on any atom is -0.378 e. The summed E-state index contributed by atoms with van der Waals surface area (Å²) < 4.78 is 5.47. The number of benzene rings is 2. The first-order valence-corrected chi connectivity index (χ1v) is 11.5. The number of halogens is 1. The van der Waals surface area contributed by atoms with Crippen LogP contribution in [0.5, 0.6) is 0 Å². The second-order valence-corrected chi connectivity index (χ2v) is 8.58. The van der Waals surface area contributed by atoms with E-state index in [9.17, 15) is 4.79 Å². The highest BCUT2D eigenvalue weighted by Gasteiger charge is 2.30. The summed E-state index contributed by atoms with van der Waals surface area (Å²) in [6.45, 7) is 8.52. The highest BCUT2D eigenvalue weighted by molar-refractivity contribution is 6.31. The first-order chi connectivity index (χ1) is 15.1. The van der Waals surface area contributed by atoms with Gasteiger partial charge in [0.15, 0.2) is 0 Å². The summed E-state index contributed by atoms with van der Waals surface area (Å²) in [5, 5.41) is 3.76. The van der Waals surface area contributed by atoms with Crippen LogP contribution in [-0.2, 0) is 11.3 Å². The third-order valence-corrected chi connectivity index (χ3v) is 6.33. The van der Waals surface area contributed by atoms with E-state index in [0.717, 1.165) is 50.5 Å². The molecule has 2 amide bonds. The molecule has 6 nitrogen and oxygen atoms in total. The molecule has 1 atom stereocenters. The summed E-state index contributed by atoms with van der Waals surface area (Å²) in [6, 6.07) is 16.3. The molecule has 0 saturated carbocycles. The van der Waals surface area contributed by atoms with E-state index in [4.69, 9.17) is 16.3 Å². The van der Waals surface area contributed by atoms with Gasteiger partial charge in [-0.2, -0.15) is 0 Å². The number of rotatable bonds is 6. The SMILES string of the molecule is CCN(C(=O)Nc1cc(Cl)ccc1N1CCOCC1)[C@@H]1CCN(Cc2ccccc2)C1. The van der Waals surface area contributed by atoms with Gasteiger partial charge < -0.3 is 19.9 Å². The third-order valence-electron chi connectivity index (χ3n) is 6.09. The molecule has 0 bridgehead atoms. The van der Waals surface area contributed by atoms with Crippen molar-refractivity contribution < 1.29 is 9.53 Å². The Balaban J connectivity index is 1.42. The molecule has 2 fully saturated rings. The van der Waals surface area contributed by atoms with Crippen LogP contribution in [0.1, 0.15) is 18.9 Å². The van der Waals surface area contributed by atoms with Crippen molar-refractivity contribution >= 4 is 29.0 Å². The Morgan fingerprint density at radius 1 is 1.16 bits per heavy atom. The summed E-state index contributed by atoms with van der Waals surface area (Å²) >= 11 is 6.26. The standard InChI is InChI=1S/C24H31ClN4O2/c1-2-29(21-10-11-27(18-21)17-19-6-4-3-5-7-19)24(30)26-22-16-20(25)8-9-23(22)28-12-14-31-15-13-28/h3-9,16,21H,2,10-15,17-18H2,1H3,(H,26,30)/t21-/m1/s1. The lowest BCUT2D eigenvalue weighted by molar-refractivity contribution is 0.123. The van der Waals surface area contributed by atoms with Crippen LogP contribution in [0.25, 0.3) is 0 Å². The lowest BCUT2D eigenvalue weighted by atomic mass is 10.2. The highest BCUT2D eigenvalue weighted by atomic mass is 35.5. The van der Waals surface area contributed by atoms with E-state index in [1.807, 2.05) is 36.1 Å². The first kappa shape index (κ1) is 21.9. The number of nitrogens with zero attached hydrogens (tertiary/aromatic N) is 3. The molecule has 2 aliphatic rings. The van der Waals surface area contributed by atoms with Crippen molar-refractivity contribution in [3.05, 3.63) is 59.1 Å². The van der Waals surface area contributed by atoms with Crippen molar-refractivity contribution in [3.63, 3.8) is 0 Å². The van der Waals surface area contributed by atoms with Gasteiger partial charge in [0, 0.05) is 50.3 Å². The Labute approximate surface area is 189 Å². The summed E-state index contributed by atoms with van der Waals surface area (Å²) in [6.07, 6.45) is 0.986. The van der Waals surface area contributed by atoms with Gasteiger partial charge in [-0.3, -0.25) is 4.90 Å². The van der Waals surface area contributed by atoms with Gasteiger partial charge in [0.05, 0.1) is 24.6 Å². The predicted molar refractivity (Wildman–Crippen MR) is 126 cm³/mol. The molecule has 2 aromatic carbocycles. The molecule has 166 valence electrons. The number of nitrogens with one attached hydrogen (secondary N) is 1. The number of amides is 2. The number of anilines is 2. The quantitative estimate of drug-likeness (QED) is 0.724. The van der Waals surface area contributed by atoms with Gasteiger partial charge in [-0.1, -0.05) is 41.9 Å². The molecule has 0 aliphatic carbocycles. The van der Waals surface area contributed by atoms with Gasteiger partial charge in [0.1, 0.15) is 0 Å². The number of morpholine rings is 1. The second kappa shape index (κ2) is 10.4. The van der Waals surface area contributed by atoms with Gasteiger partial charge in [-0.15, -0.1) is 0 Å². The van der Waals surface area contributed by atoms with E-state index >= 15 is 0 Å². The minimum absolute atomic E-state index is 0.0640. The highest BCUT2D eigenvalue weighted by Crippen LogP contribution is 2.30. The summed E-state index contributed by atoms with van der Waals surface area (Å²) in [4.78, 5) is 19.9. The summed E-state index contributed by atoms with van der Waals surface area (Å²) in [5.41, 5.74) is 3.07. The maximum absolute atomic E-state index is 13.3. The van der Waals surface area contributed by atoms with Crippen LogP contribution in [0, 0.1) is 0 Å². The number of carbonyl (C=O) groups is 1. The Hall–Kier alpha value is -2.28. The number of hydrogen-bond acceptors (Lipinski definition) is 4. The van der Waals surface area contributed by atoms with Crippen LogP contribution in [0.3, 0.4) is 0 Å². The summed E-state index contributed by atoms with van der Waals surface area (Å²) in [5.74, 6) is 0. The molecular formula is C24H31ClN4O2. The first-order valence-electron chi connectivity index (χ1n) is 11.1. The topological polar surface area (TPSA) is 48.1 Å². The molecule has 7 heteroatoms. The van der Waals surface area contributed by atoms with Gasteiger partial charge in [0.25, 0.3) is 0 Å². The number of carbonyl (C=O) groups excluding carboxylic acids is 1. The van der Waals surface area contributed by atoms with Crippen molar-refractivity contribution in [2.24, 2.45) is 0 Å². The molecule has 0 aromatic heterocycles. The van der Waals surface area contributed by atoms with Crippen LogP contribution in [0.2, 0.25) is 5.02 Å². The molecule has 0 radical (unpaired) electrons. The average Bonchev–Trinajstić information content (AvgIpc) is 3.23. The molecule has 0 spiro atoms. The molecule has 2 aromatic rings. The number of likely N-dealkylation sites (N-methyl/N-ethyl adjacent to an activating group) is 1. The second-order valence-electron chi connectivity index (χ2n) is 8.14. The molecule has 2 aliphatic heterocycles. The molecule has 0 unspecified atom stereocenters. The zero-order valence-corrected chi connectivity index (χ0v) is 18.9. The molecule has 1 N–H and O–H groups in total. The van der Waals surface area contributed by atoms with Gasteiger partial charge in [0.2, 0.25) is 0 Å². The molecule has 2 heterocycles. The van der Waals surface area contributed by atoms with E-state index in [1.165, 1.54) is 5.56 Å². The Kier molecular flexibility index (Phi) is 7.33. The van der Waals surface area contributed by atoms with Crippen LogP contribution in [0.4, 0.5) is 16.2 Å². The largest absolute Gasteiger partial charge is 0.378 e. The van der Waals surface area contributed by atoms with Crippen molar-refractivity contribution in [1.29, 1.82) is 0 Å². The van der Waals surface area contributed by atoms with Crippen LogP contribution >= 0.6 is 11.6 Å². The van der Waals surface area contributed by atoms with Gasteiger partial charge in [-0.25, -0.2) is 4.79 Å². The maximum atomic E-state index is 13.3. The smallest absolute Gasteiger partial charge is 0.322 e. The Morgan fingerprint density at radius 3 is 2.68 bits per heavy atom. The number of hydrogen-bond donors (Lipinski definition) is 1. The maximum Gasteiger partial charge on any atom is 0.322 e. The van der Waals surface area contributed by atoms with Gasteiger partial charge in [-0.05, 0) is 37.1 Å². The Bertz CT molecular complexity index is 873.